The number of aromatic nitrogens is 1. The first-order valence-corrected chi connectivity index (χ1v) is 11.6. The Labute approximate surface area is 181 Å². The van der Waals surface area contributed by atoms with E-state index in [-0.39, 0.29) is 5.91 Å². The Bertz CT molecular complexity index is 933. The van der Waals surface area contributed by atoms with Gasteiger partial charge in [0.25, 0.3) is 5.19 Å². The molecule has 4 rings (SSSR count). The van der Waals surface area contributed by atoms with Crippen molar-refractivity contribution in [3.05, 3.63) is 54.1 Å². The molecule has 1 aliphatic carbocycles. The lowest BCUT2D eigenvalue weighted by atomic mass is 10.0. The third kappa shape index (κ3) is 6.03. The van der Waals surface area contributed by atoms with Gasteiger partial charge in [-0.3, -0.25) is 4.79 Å². The summed E-state index contributed by atoms with van der Waals surface area (Å²) in [5.74, 6) is 1.68. The molecule has 6 heteroatoms. The van der Waals surface area contributed by atoms with Gasteiger partial charge in [0.1, 0.15) is 5.75 Å². The van der Waals surface area contributed by atoms with E-state index in [0.717, 1.165) is 54.2 Å². The van der Waals surface area contributed by atoms with Crippen molar-refractivity contribution >= 4 is 27.5 Å². The number of hydrogen-bond donors (Lipinski definition) is 2. The highest BCUT2D eigenvalue weighted by molar-refractivity contribution is 7.20. The van der Waals surface area contributed by atoms with Gasteiger partial charge < -0.3 is 15.4 Å². The van der Waals surface area contributed by atoms with Crippen molar-refractivity contribution in [1.82, 2.24) is 15.6 Å². The van der Waals surface area contributed by atoms with Crippen LogP contribution in [0, 0.1) is 5.92 Å². The van der Waals surface area contributed by atoms with E-state index in [2.05, 4.69) is 33.8 Å². The lowest BCUT2D eigenvalue weighted by Crippen LogP contribution is -2.34. The van der Waals surface area contributed by atoms with Gasteiger partial charge in [-0.05, 0) is 74.4 Å². The van der Waals surface area contributed by atoms with Gasteiger partial charge in [0.2, 0.25) is 5.91 Å². The van der Waals surface area contributed by atoms with Crippen molar-refractivity contribution in [2.24, 2.45) is 5.92 Å². The van der Waals surface area contributed by atoms with Crippen LogP contribution in [0.1, 0.15) is 38.2 Å². The Morgan fingerprint density at radius 3 is 2.70 bits per heavy atom. The van der Waals surface area contributed by atoms with Crippen LogP contribution in [-0.4, -0.2) is 30.0 Å². The Morgan fingerprint density at radius 1 is 1.17 bits per heavy atom. The number of benzene rings is 2. The lowest BCUT2D eigenvalue weighted by Gasteiger charge is -2.18. The number of nitrogens with one attached hydrogen (secondary N) is 2. The summed E-state index contributed by atoms with van der Waals surface area (Å²) in [6.07, 6.45) is 5.83. The number of aryl methyl sites for hydroxylation is 1. The van der Waals surface area contributed by atoms with Crippen molar-refractivity contribution in [2.45, 2.75) is 45.1 Å². The van der Waals surface area contributed by atoms with Crippen molar-refractivity contribution in [2.75, 3.05) is 13.1 Å². The van der Waals surface area contributed by atoms with E-state index >= 15 is 0 Å². The Kier molecular flexibility index (Phi) is 6.97. The summed E-state index contributed by atoms with van der Waals surface area (Å²) in [4.78, 5) is 15.5. The maximum absolute atomic E-state index is 10.9. The van der Waals surface area contributed by atoms with Crippen LogP contribution in [0.4, 0.5) is 0 Å². The van der Waals surface area contributed by atoms with Gasteiger partial charge in [0.05, 0.1) is 10.2 Å². The molecule has 5 nitrogen and oxygen atoms in total. The summed E-state index contributed by atoms with van der Waals surface area (Å²) in [5.41, 5.74) is 2.31. The van der Waals surface area contributed by atoms with Crippen LogP contribution in [0.25, 0.3) is 10.2 Å². The highest BCUT2D eigenvalue weighted by Gasteiger charge is 2.30. The molecule has 0 bridgehead atoms. The summed E-state index contributed by atoms with van der Waals surface area (Å²) in [6.45, 7) is 3.27. The van der Waals surface area contributed by atoms with Gasteiger partial charge in [0.15, 0.2) is 0 Å². The van der Waals surface area contributed by atoms with Gasteiger partial charge in [-0.25, -0.2) is 4.98 Å². The van der Waals surface area contributed by atoms with Crippen molar-refractivity contribution in [3.8, 4) is 10.9 Å². The van der Waals surface area contributed by atoms with Crippen LogP contribution < -0.4 is 15.4 Å². The summed E-state index contributed by atoms with van der Waals surface area (Å²) in [5, 5.41) is 7.24. The number of carbonyl (C=O) groups is 1. The first-order valence-electron chi connectivity index (χ1n) is 10.8. The quantitative estimate of drug-likeness (QED) is 0.430. The number of hydrogen-bond acceptors (Lipinski definition) is 5. The molecule has 1 atom stereocenters. The third-order valence-electron chi connectivity index (χ3n) is 5.47. The summed E-state index contributed by atoms with van der Waals surface area (Å²) < 4.78 is 7.09. The number of ether oxygens (including phenoxy) is 1. The van der Waals surface area contributed by atoms with E-state index < -0.39 is 0 Å². The number of para-hydroxylation sites is 1. The predicted molar refractivity (Wildman–Crippen MR) is 122 cm³/mol. The van der Waals surface area contributed by atoms with Gasteiger partial charge in [0, 0.05) is 19.5 Å². The molecule has 0 radical (unpaired) electrons. The molecule has 1 fully saturated rings. The summed E-state index contributed by atoms with van der Waals surface area (Å²) >= 11 is 1.57. The van der Waals surface area contributed by atoms with E-state index in [1.165, 1.54) is 18.4 Å². The lowest BCUT2D eigenvalue weighted by molar-refractivity contribution is -0.118. The van der Waals surface area contributed by atoms with Crippen LogP contribution in [0.5, 0.6) is 10.9 Å². The molecule has 1 amide bonds. The largest absolute Gasteiger partial charge is 0.431 e. The minimum absolute atomic E-state index is 0.0457. The number of amides is 1. The number of thiazole rings is 1. The van der Waals surface area contributed by atoms with Crippen LogP contribution in [-0.2, 0) is 11.2 Å². The maximum atomic E-state index is 10.9. The SMILES string of the molecule is CC(=O)NCCCNC(CCc1ccc(Oc2nc3ccccc3s2)cc1)C1CC1. The first kappa shape index (κ1) is 20.8. The topological polar surface area (TPSA) is 63.2 Å². The average Bonchev–Trinajstić information content (AvgIpc) is 3.50. The average molecular weight is 424 g/mol. The van der Waals surface area contributed by atoms with E-state index in [4.69, 9.17) is 4.74 Å². The standard InChI is InChI=1S/C24H29N3O2S/c1-17(28)25-15-4-16-26-21(19-10-11-19)14-9-18-7-12-20(13-8-18)29-24-27-22-5-2-3-6-23(22)30-24/h2-3,5-8,12-13,19,21,26H,4,9-11,14-16H2,1H3,(H,25,28). The van der Waals surface area contributed by atoms with Crippen LogP contribution in [0.3, 0.4) is 0 Å². The summed E-state index contributed by atoms with van der Waals surface area (Å²) in [6, 6.07) is 17.0. The minimum Gasteiger partial charge on any atom is -0.431 e. The molecular weight excluding hydrogens is 394 g/mol. The smallest absolute Gasteiger partial charge is 0.279 e. The van der Waals surface area contributed by atoms with E-state index in [0.29, 0.717) is 11.2 Å². The fourth-order valence-electron chi connectivity index (χ4n) is 3.69. The second-order valence-corrected chi connectivity index (χ2v) is 8.96. The first-order chi connectivity index (χ1) is 14.7. The van der Waals surface area contributed by atoms with Crippen molar-refractivity contribution in [1.29, 1.82) is 0 Å². The number of nitrogens with zero attached hydrogens (tertiary/aromatic N) is 1. The van der Waals surface area contributed by atoms with Gasteiger partial charge >= 0.3 is 0 Å². The van der Waals surface area contributed by atoms with Crippen molar-refractivity contribution < 1.29 is 9.53 Å². The third-order valence-corrected chi connectivity index (χ3v) is 6.39. The predicted octanol–water partition coefficient (Wildman–Crippen LogP) is 4.92. The second-order valence-electron chi connectivity index (χ2n) is 7.97. The van der Waals surface area contributed by atoms with E-state index in [9.17, 15) is 4.79 Å². The fraction of sp³-hybridized carbons (Fsp3) is 0.417. The second kappa shape index (κ2) is 10.0. The molecule has 1 unspecified atom stereocenters. The fourth-order valence-corrected chi connectivity index (χ4v) is 4.52. The Hall–Kier alpha value is -2.44. The van der Waals surface area contributed by atoms with E-state index in [1.54, 1.807) is 18.3 Å². The molecule has 1 aromatic heterocycles. The highest BCUT2D eigenvalue weighted by Crippen LogP contribution is 2.35. The molecule has 1 aliphatic rings. The van der Waals surface area contributed by atoms with Crippen molar-refractivity contribution in [3.63, 3.8) is 0 Å². The Balaban J connectivity index is 1.24. The molecule has 0 saturated heterocycles. The zero-order valence-corrected chi connectivity index (χ0v) is 18.2. The number of rotatable bonds is 11. The molecule has 0 spiro atoms. The normalized spacial score (nSPS) is 14.6. The van der Waals surface area contributed by atoms with Crippen LogP contribution in [0.15, 0.2) is 48.5 Å². The van der Waals surface area contributed by atoms with Crippen LogP contribution >= 0.6 is 11.3 Å². The monoisotopic (exact) mass is 423 g/mol. The number of fused-ring (bicyclic) bond motifs is 1. The van der Waals surface area contributed by atoms with Crippen LogP contribution in [0.2, 0.25) is 0 Å². The molecule has 1 heterocycles. The molecule has 1 saturated carbocycles. The molecule has 158 valence electrons. The van der Waals surface area contributed by atoms with Gasteiger partial charge in [-0.2, -0.15) is 0 Å². The molecule has 30 heavy (non-hydrogen) atoms. The zero-order valence-electron chi connectivity index (χ0n) is 17.4. The maximum Gasteiger partial charge on any atom is 0.279 e. The summed E-state index contributed by atoms with van der Waals surface area (Å²) in [7, 11) is 0. The van der Waals surface area contributed by atoms with Gasteiger partial charge in [-0.1, -0.05) is 35.6 Å². The molecule has 2 N–H and O–H groups in total. The molecule has 3 aromatic rings. The highest BCUT2D eigenvalue weighted by atomic mass is 32.1. The number of carbonyl (C=O) groups excluding carboxylic acids is 1. The van der Waals surface area contributed by atoms with Gasteiger partial charge in [-0.15, -0.1) is 0 Å². The molecular formula is C24H29N3O2S. The minimum atomic E-state index is 0.0457. The Morgan fingerprint density at radius 2 is 1.97 bits per heavy atom. The molecule has 2 aromatic carbocycles. The van der Waals surface area contributed by atoms with E-state index in [1.807, 2.05) is 30.3 Å². The zero-order chi connectivity index (χ0) is 20.8. The molecule has 0 aliphatic heterocycles.